The summed E-state index contributed by atoms with van der Waals surface area (Å²) in [4.78, 5) is -0.289. The molecule has 1 aromatic heterocycles. The summed E-state index contributed by atoms with van der Waals surface area (Å²) in [5, 5.41) is 25.4. The van der Waals surface area contributed by atoms with Gasteiger partial charge in [-0.05, 0) is 43.2 Å². The number of para-hydroxylation sites is 1. The van der Waals surface area contributed by atoms with Crippen LogP contribution in [0.5, 0.6) is 11.5 Å². The Balaban J connectivity index is 1.78. The minimum atomic E-state index is -4.05. The van der Waals surface area contributed by atoms with Crippen molar-refractivity contribution in [1.29, 1.82) is 0 Å². The molecule has 1 heterocycles. The maximum atomic E-state index is 13.3. The van der Waals surface area contributed by atoms with Gasteiger partial charge in [-0.15, -0.1) is 0 Å². The standard InChI is InChI=1S/C25H25N3O4S/c1-17-7-6-9-19(13-17)16-27(3)33(31,32)25-14-20(23(29)15-24(25)30)22-11-12-26-28(22)21-10-5-4-8-18(21)2/h4-15,29-30H,16H2,1-3H3. The lowest BCUT2D eigenvalue weighted by Crippen LogP contribution is -2.26. The summed E-state index contributed by atoms with van der Waals surface area (Å²) in [6.07, 6.45) is 1.58. The SMILES string of the molecule is Cc1cccc(CN(C)S(=O)(=O)c2cc(-c3ccnn3-c3ccccc3C)c(O)cc2O)c1. The molecule has 0 amide bonds. The third-order valence-electron chi connectivity index (χ3n) is 5.52. The lowest BCUT2D eigenvalue weighted by Gasteiger charge is -2.19. The molecule has 2 N–H and O–H groups in total. The van der Waals surface area contributed by atoms with Crippen molar-refractivity contribution in [2.75, 3.05) is 7.05 Å². The third-order valence-corrected chi connectivity index (χ3v) is 7.35. The molecule has 0 radical (unpaired) electrons. The Morgan fingerprint density at radius 3 is 2.42 bits per heavy atom. The highest BCUT2D eigenvalue weighted by Crippen LogP contribution is 2.38. The van der Waals surface area contributed by atoms with Crippen molar-refractivity contribution in [3.05, 3.63) is 89.6 Å². The summed E-state index contributed by atoms with van der Waals surface area (Å²) in [5.74, 6) is -0.766. The molecule has 0 atom stereocenters. The first kappa shape index (κ1) is 22.6. The lowest BCUT2D eigenvalue weighted by atomic mass is 10.1. The van der Waals surface area contributed by atoms with E-state index in [4.69, 9.17) is 0 Å². The van der Waals surface area contributed by atoms with Crippen molar-refractivity contribution in [2.45, 2.75) is 25.3 Å². The smallest absolute Gasteiger partial charge is 0.246 e. The quantitative estimate of drug-likeness (QED) is 0.442. The van der Waals surface area contributed by atoms with Crippen molar-refractivity contribution in [1.82, 2.24) is 14.1 Å². The Labute approximate surface area is 193 Å². The van der Waals surface area contributed by atoms with E-state index in [1.54, 1.807) is 16.9 Å². The van der Waals surface area contributed by atoms with Crippen molar-refractivity contribution >= 4 is 10.0 Å². The molecule has 3 aromatic carbocycles. The maximum absolute atomic E-state index is 13.3. The second-order valence-electron chi connectivity index (χ2n) is 8.00. The highest BCUT2D eigenvalue weighted by Gasteiger charge is 2.27. The highest BCUT2D eigenvalue weighted by atomic mass is 32.2. The summed E-state index contributed by atoms with van der Waals surface area (Å²) >= 11 is 0. The van der Waals surface area contributed by atoms with E-state index in [0.29, 0.717) is 5.69 Å². The van der Waals surface area contributed by atoms with Crippen LogP contribution >= 0.6 is 0 Å². The van der Waals surface area contributed by atoms with E-state index in [1.165, 1.54) is 17.4 Å². The van der Waals surface area contributed by atoms with E-state index in [0.717, 1.165) is 28.4 Å². The van der Waals surface area contributed by atoms with Gasteiger partial charge < -0.3 is 10.2 Å². The molecule has 0 fully saturated rings. The Bertz CT molecular complexity index is 1430. The summed E-state index contributed by atoms with van der Waals surface area (Å²) in [6, 6.07) is 19.2. The number of phenols is 2. The molecule has 7 nitrogen and oxygen atoms in total. The van der Waals surface area contributed by atoms with Crippen LogP contribution in [0.15, 0.2) is 77.8 Å². The highest BCUT2D eigenvalue weighted by molar-refractivity contribution is 7.89. The number of rotatable bonds is 6. The first-order chi connectivity index (χ1) is 15.7. The van der Waals surface area contributed by atoms with Gasteiger partial charge in [0, 0.05) is 25.2 Å². The van der Waals surface area contributed by atoms with Crippen LogP contribution in [-0.4, -0.2) is 39.8 Å². The topological polar surface area (TPSA) is 95.7 Å². The normalized spacial score (nSPS) is 11.8. The predicted molar refractivity (Wildman–Crippen MR) is 127 cm³/mol. The second-order valence-corrected chi connectivity index (χ2v) is 10.0. The Morgan fingerprint density at radius 1 is 0.939 bits per heavy atom. The van der Waals surface area contributed by atoms with E-state index in [2.05, 4.69) is 5.10 Å². The summed E-state index contributed by atoms with van der Waals surface area (Å²) in [6.45, 7) is 4.02. The lowest BCUT2D eigenvalue weighted by molar-refractivity contribution is 0.430. The van der Waals surface area contributed by atoms with Gasteiger partial charge in [0.25, 0.3) is 0 Å². The van der Waals surface area contributed by atoms with Gasteiger partial charge >= 0.3 is 0 Å². The van der Waals surface area contributed by atoms with E-state index in [9.17, 15) is 18.6 Å². The first-order valence-electron chi connectivity index (χ1n) is 10.4. The predicted octanol–water partition coefficient (Wildman–Crippen LogP) is 4.39. The molecule has 33 heavy (non-hydrogen) atoms. The summed E-state index contributed by atoms with van der Waals surface area (Å²) < 4.78 is 29.5. The first-order valence-corrected chi connectivity index (χ1v) is 11.8. The largest absolute Gasteiger partial charge is 0.507 e. The van der Waals surface area contributed by atoms with Gasteiger partial charge in [-0.1, -0.05) is 48.0 Å². The van der Waals surface area contributed by atoms with Crippen molar-refractivity contribution in [3.8, 4) is 28.4 Å². The van der Waals surface area contributed by atoms with Gasteiger partial charge in [0.05, 0.1) is 17.6 Å². The van der Waals surface area contributed by atoms with Crippen molar-refractivity contribution in [3.63, 3.8) is 0 Å². The minimum absolute atomic E-state index is 0.140. The number of hydrogen-bond donors (Lipinski definition) is 2. The van der Waals surface area contributed by atoms with Gasteiger partial charge in [-0.3, -0.25) is 0 Å². The Kier molecular flexibility index (Phi) is 5.97. The van der Waals surface area contributed by atoms with Crippen LogP contribution in [0, 0.1) is 13.8 Å². The minimum Gasteiger partial charge on any atom is -0.507 e. The van der Waals surface area contributed by atoms with E-state index < -0.39 is 15.8 Å². The van der Waals surface area contributed by atoms with Gasteiger partial charge in [-0.2, -0.15) is 9.40 Å². The second kappa shape index (κ2) is 8.73. The molecule has 4 rings (SSSR count). The molecule has 0 spiro atoms. The molecule has 0 aliphatic carbocycles. The number of aryl methyl sites for hydroxylation is 2. The zero-order valence-electron chi connectivity index (χ0n) is 18.6. The van der Waals surface area contributed by atoms with Crippen LogP contribution in [0.4, 0.5) is 0 Å². The van der Waals surface area contributed by atoms with Crippen LogP contribution in [-0.2, 0) is 16.6 Å². The maximum Gasteiger partial charge on any atom is 0.246 e. The molecule has 4 aromatic rings. The zero-order valence-corrected chi connectivity index (χ0v) is 19.4. The number of hydrogen-bond acceptors (Lipinski definition) is 5. The number of benzene rings is 3. The molecule has 0 aliphatic heterocycles. The number of nitrogens with zero attached hydrogens (tertiary/aromatic N) is 3. The van der Waals surface area contributed by atoms with Crippen molar-refractivity contribution < 1.29 is 18.6 Å². The van der Waals surface area contributed by atoms with E-state index >= 15 is 0 Å². The molecule has 0 saturated heterocycles. The van der Waals surface area contributed by atoms with Gasteiger partial charge in [0.2, 0.25) is 10.0 Å². The Morgan fingerprint density at radius 2 is 1.70 bits per heavy atom. The molecular formula is C25H25N3O4S. The molecule has 170 valence electrons. The van der Waals surface area contributed by atoms with E-state index in [-0.39, 0.29) is 22.8 Å². The molecule has 0 aliphatic rings. The summed E-state index contributed by atoms with van der Waals surface area (Å²) in [5.41, 5.74) is 4.36. The fourth-order valence-corrected chi connectivity index (χ4v) is 5.03. The fourth-order valence-electron chi connectivity index (χ4n) is 3.79. The van der Waals surface area contributed by atoms with Crippen LogP contribution in [0.25, 0.3) is 16.9 Å². The number of aromatic hydroxyl groups is 2. The average Bonchev–Trinajstić information content (AvgIpc) is 3.23. The number of phenolic OH excluding ortho intramolecular Hbond substituents is 2. The molecule has 0 unspecified atom stereocenters. The summed E-state index contributed by atoms with van der Waals surface area (Å²) in [7, 11) is -2.59. The fraction of sp³-hybridized carbons (Fsp3) is 0.160. The molecule has 8 heteroatoms. The zero-order chi connectivity index (χ0) is 23.8. The molecular weight excluding hydrogens is 438 g/mol. The van der Waals surface area contributed by atoms with Crippen LogP contribution in [0.3, 0.4) is 0 Å². The molecule has 0 saturated carbocycles. The number of sulfonamides is 1. The van der Waals surface area contributed by atoms with Crippen LogP contribution in [0.1, 0.15) is 16.7 Å². The molecule has 0 bridgehead atoms. The van der Waals surface area contributed by atoms with Crippen molar-refractivity contribution in [2.24, 2.45) is 0 Å². The van der Waals surface area contributed by atoms with Gasteiger partial charge in [0.15, 0.2) is 0 Å². The van der Waals surface area contributed by atoms with Crippen LogP contribution in [0.2, 0.25) is 0 Å². The van der Waals surface area contributed by atoms with Crippen LogP contribution < -0.4 is 0 Å². The van der Waals surface area contributed by atoms with Gasteiger partial charge in [0.1, 0.15) is 16.4 Å². The average molecular weight is 464 g/mol. The monoisotopic (exact) mass is 463 g/mol. The van der Waals surface area contributed by atoms with E-state index in [1.807, 2.05) is 62.4 Å². The Hall–Kier alpha value is -3.62. The number of aromatic nitrogens is 2. The third kappa shape index (κ3) is 4.35. The van der Waals surface area contributed by atoms with Gasteiger partial charge in [-0.25, -0.2) is 13.1 Å².